The van der Waals surface area contributed by atoms with Gasteiger partial charge in [-0.3, -0.25) is 0 Å². The van der Waals surface area contributed by atoms with E-state index in [4.69, 9.17) is 4.74 Å². The van der Waals surface area contributed by atoms with Gasteiger partial charge in [0.15, 0.2) is 0 Å². The number of benzene rings is 3. The van der Waals surface area contributed by atoms with Gasteiger partial charge in [-0.15, -0.1) is 0 Å². The van der Waals surface area contributed by atoms with Gasteiger partial charge < -0.3 is 9.84 Å². The van der Waals surface area contributed by atoms with E-state index in [1.807, 2.05) is 48.5 Å². The van der Waals surface area contributed by atoms with E-state index >= 15 is 0 Å². The number of rotatable bonds is 3. The predicted molar refractivity (Wildman–Crippen MR) is 99.0 cm³/mol. The van der Waals surface area contributed by atoms with Crippen LogP contribution < -0.4 is 4.74 Å². The van der Waals surface area contributed by atoms with Gasteiger partial charge in [0.2, 0.25) is 5.13 Å². The maximum atomic E-state index is 10.2. The zero-order chi connectivity index (χ0) is 16.5. The van der Waals surface area contributed by atoms with Crippen molar-refractivity contribution in [3.8, 4) is 11.5 Å². The number of phenols is 1. The minimum absolute atomic E-state index is 0.209. The van der Waals surface area contributed by atoms with Crippen LogP contribution in [-0.4, -0.2) is 23.4 Å². The monoisotopic (exact) mass is 334 g/mol. The molecule has 5 heteroatoms. The molecule has 0 fully saturated rings. The van der Waals surface area contributed by atoms with Crippen molar-refractivity contribution in [2.24, 2.45) is 4.99 Å². The van der Waals surface area contributed by atoms with Gasteiger partial charge in [0.25, 0.3) is 0 Å². The Balaban J connectivity index is 1.76. The molecule has 1 heterocycles. The average Bonchev–Trinajstić information content (AvgIpc) is 3.02. The first-order valence-corrected chi connectivity index (χ1v) is 8.25. The number of nitrogens with zero attached hydrogens (tertiary/aromatic N) is 2. The molecule has 0 unspecified atom stereocenters. The molecule has 118 valence electrons. The van der Waals surface area contributed by atoms with Crippen LogP contribution in [0.3, 0.4) is 0 Å². The number of hydrogen-bond donors (Lipinski definition) is 1. The van der Waals surface area contributed by atoms with E-state index in [-0.39, 0.29) is 5.75 Å². The molecule has 1 aromatic heterocycles. The molecule has 4 rings (SSSR count). The van der Waals surface area contributed by atoms with Gasteiger partial charge in [-0.1, -0.05) is 41.7 Å². The summed E-state index contributed by atoms with van der Waals surface area (Å²) in [6, 6.07) is 17.2. The number of aromatic nitrogens is 1. The van der Waals surface area contributed by atoms with E-state index in [1.54, 1.807) is 19.4 Å². The summed E-state index contributed by atoms with van der Waals surface area (Å²) in [5, 5.41) is 12.8. The van der Waals surface area contributed by atoms with Gasteiger partial charge >= 0.3 is 0 Å². The summed E-state index contributed by atoms with van der Waals surface area (Å²) in [5.74, 6) is 1.01. The molecule has 0 aliphatic heterocycles. The first-order valence-electron chi connectivity index (χ1n) is 7.44. The standard InChI is InChI=1S/C19H14N2O2S/c1-23-13-7-8-16-18(10-13)24-19(21-16)20-11-15-14-5-3-2-4-12(14)6-9-17(15)22/h2-11,22H,1H3. The molecule has 0 aliphatic rings. The fourth-order valence-corrected chi connectivity index (χ4v) is 3.45. The third-order valence-corrected chi connectivity index (χ3v) is 4.76. The van der Waals surface area contributed by atoms with Crippen molar-refractivity contribution in [3.05, 3.63) is 60.2 Å². The molecule has 4 aromatic rings. The lowest BCUT2D eigenvalue weighted by Crippen LogP contribution is -1.85. The van der Waals surface area contributed by atoms with Crippen LogP contribution in [0.2, 0.25) is 0 Å². The molecule has 0 aliphatic carbocycles. The van der Waals surface area contributed by atoms with Gasteiger partial charge in [-0.2, -0.15) is 0 Å². The number of methoxy groups -OCH3 is 1. The predicted octanol–water partition coefficient (Wildman–Crippen LogP) is 4.91. The normalized spacial score (nSPS) is 11.5. The fraction of sp³-hybridized carbons (Fsp3) is 0.0526. The van der Waals surface area contributed by atoms with Crippen LogP contribution in [0, 0.1) is 0 Å². The Morgan fingerprint density at radius 1 is 1.12 bits per heavy atom. The van der Waals surface area contributed by atoms with E-state index in [2.05, 4.69) is 9.98 Å². The second-order valence-electron chi connectivity index (χ2n) is 5.31. The minimum Gasteiger partial charge on any atom is -0.507 e. The zero-order valence-electron chi connectivity index (χ0n) is 12.9. The largest absolute Gasteiger partial charge is 0.507 e. The number of thiazole rings is 1. The van der Waals surface area contributed by atoms with Gasteiger partial charge in [0.1, 0.15) is 11.5 Å². The molecule has 0 amide bonds. The molecule has 0 saturated heterocycles. The quantitative estimate of drug-likeness (QED) is 0.541. The van der Waals surface area contributed by atoms with Crippen LogP contribution in [0.15, 0.2) is 59.6 Å². The van der Waals surface area contributed by atoms with Crippen LogP contribution in [-0.2, 0) is 0 Å². The number of aromatic hydroxyl groups is 1. The van der Waals surface area contributed by atoms with Crippen molar-refractivity contribution >= 4 is 43.7 Å². The highest BCUT2D eigenvalue weighted by Gasteiger charge is 2.06. The van der Waals surface area contributed by atoms with Crippen molar-refractivity contribution in [2.45, 2.75) is 0 Å². The smallest absolute Gasteiger partial charge is 0.210 e. The van der Waals surface area contributed by atoms with Crippen molar-refractivity contribution < 1.29 is 9.84 Å². The number of ether oxygens (including phenoxy) is 1. The summed E-state index contributed by atoms with van der Waals surface area (Å²) >= 11 is 1.49. The molecular weight excluding hydrogens is 320 g/mol. The minimum atomic E-state index is 0.209. The van der Waals surface area contributed by atoms with Crippen LogP contribution in [0.25, 0.3) is 21.0 Å². The van der Waals surface area contributed by atoms with Crippen LogP contribution in [0.5, 0.6) is 11.5 Å². The number of aliphatic imine (C=N–C) groups is 1. The van der Waals surface area contributed by atoms with Crippen LogP contribution in [0.1, 0.15) is 5.56 Å². The summed E-state index contributed by atoms with van der Waals surface area (Å²) in [7, 11) is 1.64. The first-order chi connectivity index (χ1) is 11.7. The van der Waals surface area contributed by atoms with Crippen LogP contribution >= 0.6 is 11.3 Å². The highest BCUT2D eigenvalue weighted by atomic mass is 32.1. The SMILES string of the molecule is COc1ccc2nc(N=Cc3c(O)ccc4ccccc34)sc2c1. The summed E-state index contributed by atoms with van der Waals surface area (Å²) in [6.45, 7) is 0. The average molecular weight is 334 g/mol. The zero-order valence-corrected chi connectivity index (χ0v) is 13.7. The molecule has 24 heavy (non-hydrogen) atoms. The summed E-state index contributed by atoms with van der Waals surface area (Å²) < 4.78 is 6.25. The van der Waals surface area contributed by atoms with Crippen LogP contribution in [0.4, 0.5) is 5.13 Å². The van der Waals surface area contributed by atoms with E-state index in [9.17, 15) is 5.11 Å². The second-order valence-corrected chi connectivity index (χ2v) is 6.32. The van der Waals surface area contributed by atoms with Crippen molar-refractivity contribution in [2.75, 3.05) is 7.11 Å². The molecule has 4 nitrogen and oxygen atoms in total. The second kappa shape index (κ2) is 5.94. The van der Waals surface area contributed by atoms with E-state index in [1.165, 1.54) is 11.3 Å². The Kier molecular flexibility index (Phi) is 3.63. The number of hydrogen-bond acceptors (Lipinski definition) is 5. The van der Waals surface area contributed by atoms with E-state index in [0.717, 1.165) is 26.7 Å². The summed E-state index contributed by atoms with van der Waals surface area (Å²) in [6.07, 6.45) is 1.67. The lowest BCUT2D eigenvalue weighted by molar-refractivity contribution is 0.415. The van der Waals surface area contributed by atoms with Gasteiger partial charge in [-0.25, -0.2) is 9.98 Å². The van der Waals surface area contributed by atoms with E-state index in [0.29, 0.717) is 10.7 Å². The molecule has 0 atom stereocenters. The first kappa shape index (κ1) is 14.7. The Morgan fingerprint density at radius 3 is 2.88 bits per heavy atom. The summed E-state index contributed by atoms with van der Waals surface area (Å²) in [5.41, 5.74) is 1.58. The van der Waals surface area contributed by atoms with Gasteiger partial charge in [0, 0.05) is 11.8 Å². The van der Waals surface area contributed by atoms with Gasteiger partial charge in [-0.05, 0) is 35.0 Å². The maximum absolute atomic E-state index is 10.2. The Labute approximate surface area is 142 Å². The van der Waals surface area contributed by atoms with Gasteiger partial charge in [0.05, 0.1) is 17.3 Å². The fourth-order valence-electron chi connectivity index (χ4n) is 2.61. The highest BCUT2D eigenvalue weighted by Crippen LogP contribution is 2.31. The van der Waals surface area contributed by atoms with Crippen molar-refractivity contribution in [1.82, 2.24) is 4.98 Å². The molecule has 0 radical (unpaired) electrons. The number of fused-ring (bicyclic) bond motifs is 2. The molecule has 0 saturated carbocycles. The highest BCUT2D eigenvalue weighted by molar-refractivity contribution is 7.22. The topological polar surface area (TPSA) is 54.7 Å². The Hall–Kier alpha value is -2.92. The molecule has 0 bridgehead atoms. The molecule has 3 aromatic carbocycles. The van der Waals surface area contributed by atoms with Crippen molar-refractivity contribution in [1.29, 1.82) is 0 Å². The summed E-state index contributed by atoms with van der Waals surface area (Å²) in [4.78, 5) is 8.96. The Bertz CT molecular complexity index is 1070. The lowest BCUT2D eigenvalue weighted by Gasteiger charge is -2.03. The number of phenolic OH excluding ortho intramolecular Hbond substituents is 1. The molecule has 1 N–H and O–H groups in total. The molecular formula is C19H14N2O2S. The Morgan fingerprint density at radius 2 is 2.00 bits per heavy atom. The van der Waals surface area contributed by atoms with Crippen molar-refractivity contribution in [3.63, 3.8) is 0 Å². The maximum Gasteiger partial charge on any atom is 0.210 e. The molecule has 0 spiro atoms. The lowest BCUT2D eigenvalue weighted by atomic mass is 10.0. The third-order valence-electron chi connectivity index (χ3n) is 3.84. The van der Waals surface area contributed by atoms with E-state index < -0.39 is 0 Å². The third kappa shape index (κ3) is 2.59.